The van der Waals surface area contributed by atoms with E-state index in [1.807, 2.05) is 6.92 Å². The Balaban J connectivity index is 1.86. The van der Waals surface area contributed by atoms with E-state index in [1.165, 1.54) is 24.0 Å². The maximum Gasteiger partial charge on any atom is 0.522 e. The molecule has 1 fully saturated rings. The average Bonchev–Trinajstić information content (AvgIpc) is 3.15. The van der Waals surface area contributed by atoms with Crippen LogP contribution in [-0.2, 0) is 9.53 Å². The summed E-state index contributed by atoms with van der Waals surface area (Å²) in [6.45, 7) is 2.36. The Kier molecular flexibility index (Phi) is 7.19. The maximum absolute atomic E-state index is 14.8. The second-order valence-corrected chi connectivity index (χ2v) is 8.95. The van der Waals surface area contributed by atoms with Crippen molar-refractivity contribution in [3.05, 3.63) is 63.7 Å². The van der Waals surface area contributed by atoms with E-state index >= 15 is 0 Å². The molecule has 2 aromatic heterocycles. The predicted octanol–water partition coefficient (Wildman–Crippen LogP) is 3.83. The quantitative estimate of drug-likeness (QED) is 0.478. The van der Waals surface area contributed by atoms with Gasteiger partial charge in [-0.25, -0.2) is 18.2 Å². The van der Waals surface area contributed by atoms with E-state index in [-0.39, 0.29) is 35.1 Å². The lowest BCUT2D eigenvalue weighted by Gasteiger charge is -2.19. The number of halogens is 6. The molecule has 1 N–H and O–H groups in total. The molecular weight excluding hydrogens is 522 g/mol. The van der Waals surface area contributed by atoms with Crippen LogP contribution in [0.1, 0.15) is 30.6 Å². The summed E-state index contributed by atoms with van der Waals surface area (Å²) in [5.74, 6) is -5.33. The first-order chi connectivity index (χ1) is 17.7. The average molecular weight is 542 g/mol. The van der Waals surface area contributed by atoms with E-state index in [1.54, 1.807) is 0 Å². The number of alkyl halides is 3. The molecule has 1 saturated heterocycles. The van der Waals surface area contributed by atoms with Crippen molar-refractivity contribution in [1.29, 1.82) is 0 Å². The molecule has 0 aliphatic carbocycles. The third kappa shape index (κ3) is 5.49. The van der Waals surface area contributed by atoms with Gasteiger partial charge >= 0.3 is 6.36 Å². The molecular formula is C24H20F6N4O4. The molecule has 0 bridgehead atoms. The van der Waals surface area contributed by atoms with Crippen LogP contribution in [0.15, 0.2) is 35.3 Å². The third-order valence-corrected chi connectivity index (χ3v) is 5.77. The van der Waals surface area contributed by atoms with E-state index in [0.29, 0.717) is 18.7 Å². The van der Waals surface area contributed by atoms with Gasteiger partial charge in [0, 0.05) is 31.3 Å². The summed E-state index contributed by atoms with van der Waals surface area (Å²) in [7, 11) is 0. The van der Waals surface area contributed by atoms with Crippen LogP contribution >= 0.6 is 0 Å². The minimum absolute atomic E-state index is 0.00330. The van der Waals surface area contributed by atoms with Gasteiger partial charge in [-0.3, -0.25) is 28.6 Å². The van der Waals surface area contributed by atoms with Crippen molar-refractivity contribution in [1.82, 2.24) is 14.9 Å². The molecule has 3 aromatic rings. The van der Waals surface area contributed by atoms with Crippen molar-refractivity contribution in [2.75, 3.05) is 18.1 Å². The van der Waals surface area contributed by atoms with Crippen LogP contribution in [0.25, 0.3) is 16.7 Å². The first kappa shape index (κ1) is 27.1. The zero-order valence-electron chi connectivity index (χ0n) is 19.9. The summed E-state index contributed by atoms with van der Waals surface area (Å²) in [6.07, 6.45) is -3.96. The Bertz CT molecular complexity index is 1470. The Morgan fingerprint density at radius 1 is 1.18 bits per heavy atom. The Morgan fingerprint density at radius 3 is 2.42 bits per heavy atom. The molecule has 0 spiro atoms. The van der Waals surface area contributed by atoms with Gasteiger partial charge in [0.2, 0.25) is 11.3 Å². The summed E-state index contributed by atoms with van der Waals surface area (Å²) < 4.78 is 84.6. The second kappa shape index (κ2) is 10.1. The van der Waals surface area contributed by atoms with Gasteiger partial charge in [0.05, 0.1) is 18.0 Å². The molecule has 8 nitrogen and oxygen atoms in total. The van der Waals surface area contributed by atoms with E-state index < -0.39 is 59.0 Å². The van der Waals surface area contributed by atoms with Crippen molar-refractivity contribution < 1.29 is 40.7 Å². The Labute approximate surface area is 210 Å². The molecule has 4 rings (SSSR count). The van der Waals surface area contributed by atoms with Gasteiger partial charge in [-0.15, -0.1) is 13.2 Å². The predicted molar refractivity (Wildman–Crippen MR) is 122 cm³/mol. The lowest BCUT2D eigenvalue weighted by molar-refractivity contribution is -0.325. The number of carbonyl (C=O) groups is 2. The fraction of sp³-hybridized carbons (Fsp3) is 0.333. The first-order valence-corrected chi connectivity index (χ1v) is 11.3. The van der Waals surface area contributed by atoms with Gasteiger partial charge in [-0.1, -0.05) is 6.92 Å². The number of nitrogens with zero attached hydrogens (tertiary/aromatic N) is 3. The number of nitrogens with one attached hydrogen (secondary N) is 1. The first-order valence-electron chi connectivity index (χ1n) is 11.3. The monoisotopic (exact) mass is 542 g/mol. The van der Waals surface area contributed by atoms with Crippen molar-refractivity contribution >= 4 is 28.7 Å². The second-order valence-electron chi connectivity index (χ2n) is 8.95. The molecule has 2 amide bonds. The molecule has 3 heterocycles. The van der Waals surface area contributed by atoms with Gasteiger partial charge in [0.15, 0.2) is 17.3 Å². The molecule has 1 aliphatic heterocycles. The van der Waals surface area contributed by atoms with Crippen LogP contribution in [0.4, 0.5) is 32.2 Å². The van der Waals surface area contributed by atoms with Crippen molar-refractivity contribution in [3.8, 4) is 5.69 Å². The van der Waals surface area contributed by atoms with Crippen LogP contribution in [0.2, 0.25) is 0 Å². The van der Waals surface area contributed by atoms with Crippen LogP contribution in [0.3, 0.4) is 0 Å². The van der Waals surface area contributed by atoms with Gasteiger partial charge in [0.25, 0.3) is 5.91 Å². The topological polar surface area (TPSA) is 93.5 Å². The third-order valence-electron chi connectivity index (χ3n) is 5.77. The molecule has 2 atom stereocenters. The number of anilines is 1. The highest BCUT2D eigenvalue weighted by Crippen LogP contribution is 2.28. The van der Waals surface area contributed by atoms with E-state index in [2.05, 4.69) is 15.0 Å². The highest BCUT2D eigenvalue weighted by atomic mass is 19.4. The standard InChI is InChI=1S/C24H20F6N4O4/c1-11-5-19(35)33(8-11)18-4-3-14-21(36)15(23(37)31-12(2)10-38-24(28,29)30)9-34(22(14)32-18)20-16(26)6-13(25)7-17(20)27/h3-4,6-7,9,11-12H,5,8,10H2,1-2H3,(H,31,37)/t11-,12-/m0/s1. The van der Waals surface area contributed by atoms with Crippen LogP contribution in [0, 0.1) is 23.4 Å². The number of hydrogen-bond donors (Lipinski definition) is 1. The van der Waals surface area contributed by atoms with Crippen molar-refractivity contribution in [2.45, 2.75) is 32.7 Å². The fourth-order valence-corrected chi connectivity index (χ4v) is 4.11. The summed E-state index contributed by atoms with van der Waals surface area (Å²) >= 11 is 0. The van der Waals surface area contributed by atoms with Gasteiger partial charge < -0.3 is 5.32 Å². The summed E-state index contributed by atoms with van der Waals surface area (Å²) in [4.78, 5) is 44.0. The summed E-state index contributed by atoms with van der Waals surface area (Å²) in [6, 6.07) is 2.08. The molecule has 202 valence electrons. The maximum atomic E-state index is 14.8. The van der Waals surface area contributed by atoms with E-state index in [4.69, 9.17) is 0 Å². The number of rotatable bonds is 6. The molecule has 14 heteroatoms. The Hall–Kier alpha value is -3.94. The zero-order chi connectivity index (χ0) is 27.9. The highest BCUT2D eigenvalue weighted by molar-refractivity contribution is 5.99. The summed E-state index contributed by atoms with van der Waals surface area (Å²) in [5.41, 5.74) is -2.83. The van der Waals surface area contributed by atoms with Crippen LogP contribution in [0.5, 0.6) is 0 Å². The smallest absolute Gasteiger partial charge is 0.347 e. The fourth-order valence-electron chi connectivity index (χ4n) is 4.11. The number of carbonyl (C=O) groups excluding carboxylic acids is 2. The molecule has 0 saturated carbocycles. The minimum atomic E-state index is -4.95. The SMILES string of the molecule is C[C@H]1CC(=O)N(c2ccc3c(=O)c(C(=O)N[C@@H](C)COC(F)(F)F)cn(-c4c(F)cc(F)cc4F)c3n2)C1. The number of ether oxygens (including phenoxy) is 1. The lowest BCUT2D eigenvalue weighted by Crippen LogP contribution is -2.39. The van der Waals surface area contributed by atoms with Gasteiger partial charge in [-0.2, -0.15) is 0 Å². The molecule has 1 aliphatic rings. The van der Waals surface area contributed by atoms with Crippen LogP contribution < -0.4 is 15.6 Å². The molecule has 0 unspecified atom stereocenters. The van der Waals surface area contributed by atoms with E-state index in [0.717, 1.165) is 10.8 Å². The van der Waals surface area contributed by atoms with E-state index in [9.17, 15) is 40.7 Å². The molecule has 1 aromatic carbocycles. The van der Waals surface area contributed by atoms with Crippen molar-refractivity contribution in [3.63, 3.8) is 0 Å². The normalized spacial score (nSPS) is 16.8. The van der Waals surface area contributed by atoms with Gasteiger partial charge in [0.1, 0.15) is 22.9 Å². The number of aromatic nitrogens is 2. The number of fused-ring (bicyclic) bond motifs is 1. The van der Waals surface area contributed by atoms with Gasteiger partial charge in [-0.05, 0) is 25.0 Å². The minimum Gasteiger partial charge on any atom is -0.347 e. The highest BCUT2D eigenvalue weighted by Gasteiger charge is 2.31. The number of pyridine rings is 2. The van der Waals surface area contributed by atoms with Crippen LogP contribution in [-0.4, -0.2) is 46.9 Å². The largest absolute Gasteiger partial charge is 0.522 e. The molecule has 0 radical (unpaired) electrons. The van der Waals surface area contributed by atoms with Crippen molar-refractivity contribution in [2.24, 2.45) is 5.92 Å². The zero-order valence-corrected chi connectivity index (χ0v) is 19.9. The number of hydrogen-bond acceptors (Lipinski definition) is 5. The number of amides is 2. The Morgan fingerprint density at radius 2 is 1.84 bits per heavy atom. The number of benzene rings is 1. The molecule has 38 heavy (non-hydrogen) atoms. The lowest BCUT2D eigenvalue weighted by atomic mass is 10.1. The summed E-state index contributed by atoms with van der Waals surface area (Å²) in [5, 5.41) is 1.87.